The highest BCUT2D eigenvalue weighted by molar-refractivity contribution is 5.77. The summed E-state index contributed by atoms with van der Waals surface area (Å²) >= 11 is 0. The molecule has 1 unspecified atom stereocenters. The van der Waals surface area contributed by atoms with Gasteiger partial charge in [0, 0.05) is 19.6 Å². The molecule has 2 amide bonds. The van der Waals surface area contributed by atoms with Gasteiger partial charge in [0.25, 0.3) is 0 Å². The fraction of sp³-hybridized carbons (Fsp3) is 0.462. The Morgan fingerprint density at radius 2 is 2.37 bits per heavy atom. The average molecular weight is 267 g/mol. The molecular formula is C13H18FN3O2. The minimum Gasteiger partial charge on any atom is -0.491 e. The highest BCUT2D eigenvalue weighted by Gasteiger charge is 2.29. The monoisotopic (exact) mass is 267 g/mol. The van der Waals surface area contributed by atoms with Crippen LogP contribution in [0.3, 0.4) is 0 Å². The van der Waals surface area contributed by atoms with Crippen LogP contribution in [0.25, 0.3) is 0 Å². The van der Waals surface area contributed by atoms with Crippen molar-refractivity contribution in [1.29, 1.82) is 0 Å². The maximum atomic E-state index is 13.8. The van der Waals surface area contributed by atoms with Gasteiger partial charge in [-0.15, -0.1) is 0 Å². The highest BCUT2D eigenvalue weighted by Crippen LogP contribution is 2.25. The van der Waals surface area contributed by atoms with E-state index in [1.54, 1.807) is 24.0 Å². The van der Waals surface area contributed by atoms with E-state index in [0.29, 0.717) is 26.2 Å². The third-order valence-electron chi connectivity index (χ3n) is 3.05. The van der Waals surface area contributed by atoms with E-state index in [0.717, 1.165) is 5.56 Å². The Hall–Kier alpha value is -1.82. The molecule has 1 aliphatic rings. The summed E-state index contributed by atoms with van der Waals surface area (Å²) in [6.45, 7) is 3.64. The zero-order chi connectivity index (χ0) is 13.8. The van der Waals surface area contributed by atoms with Crippen molar-refractivity contribution >= 4 is 6.03 Å². The Bertz CT molecular complexity index is 467. The minimum absolute atomic E-state index is 0.162. The van der Waals surface area contributed by atoms with Crippen molar-refractivity contribution in [2.75, 3.05) is 26.2 Å². The number of nitrogens with one attached hydrogen (secondary N) is 1. The minimum atomic E-state index is -0.411. The van der Waals surface area contributed by atoms with Crippen molar-refractivity contribution in [3.8, 4) is 5.75 Å². The number of ether oxygens (including phenoxy) is 1. The van der Waals surface area contributed by atoms with Crippen LogP contribution in [0.15, 0.2) is 18.2 Å². The van der Waals surface area contributed by atoms with Crippen molar-refractivity contribution in [3.63, 3.8) is 0 Å². The standard InChI is InChI=1S/C13H18FN3O2/c1-2-19-12-4-3-9(7-10(12)14)11-8-17(6-5-15)13(18)16-11/h3-4,7,11H,2,5-6,8,15H2,1H3,(H,16,18). The van der Waals surface area contributed by atoms with E-state index >= 15 is 0 Å². The molecule has 1 atom stereocenters. The summed E-state index contributed by atoms with van der Waals surface area (Å²) in [5, 5.41) is 2.81. The first-order chi connectivity index (χ1) is 9.15. The van der Waals surface area contributed by atoms with E-state index in [1.165, 1.54) is 6.07 Å². The number of carbonyl (C=O) groups is 1. The van der Waals surface area contributed by atoms with E-state index < -0.39 is 5.82 Å². The maximum absolute atomic E-state index is 13.8. The Kier molecular flexibility index (Phi) is 4.21. The number of amides is 2. The summed E-state index contributed by atoms with van der Waals surface area (Å²) in [4.78, 5) is 13.3. The zero-order valence-corrected chi connectivity index (χ0v) is 10.9. The van der Waals surface area contributed by atoms with E-state index in [1.807, 2.05) is 0 Å². The van der Waals surface area contributed by atoms with Gasteiger partial charge in [-0.25, -0.2) is 9.18 Å². The lowest BCUT2D eigenvalue weighted by atomic mass is 10.1. The molecule has 1 aliphatic heterocycles. The number of halogens is 1. The summed E-state index contributed by atoms with van der Waals surface area (Å²) < 4.78 is 18.9. The van der Waals surface area contributed by atoms with Gasteiger partial charge in [-0.1, -0.05) is 6.07 Å². The third-order valence-corrected chi connectivity index (χ3v) is 3.05. The molecule has 0 saturated carbocycles. The van der Waals surface area contributed by atoms with Crippen LogP contribution in [0.1, 0.15) is 18.5 Å². The Labute approximate surface area is 111 Å². The summed E-state index contributed by atoms with van der Waals surface area (Å²) in [7, 11) is 0. The molecule has 104 valence electrons. The number of hydrogen-bond donors (Lipinski definition) is 2. The molecule has 1 aromatic carbocycles. The molecule has 0 bridgehead atoms. The van der Waals surface area contributed by atoms with Crippen molar-refractivity contribution in [2.24, 2.45) is 5.73 Å². The Morgan fingerprint density at radius 3 is 3.00 bits per heavy atom. The lowest BCUT2D eigenvalue weighted by Gasteiger charge is -2.13. The summed E-state index contributed by atoms with van der Waals surface area (Å²) in [6, 6.07) is 4.40. The molecule has 5 nitrogen and oxygen atoms in total. The van der Waals surface area contributed by atoms with Gasteiger partial charge in [0.15, 0.2) is 11.6 Å². The lowest BCUT2D eigenvalue weighted by molar-refractivity contribution is 0.218. The quantitative estimate of drug-likeness (QED) is 0.843. The first kappa shape index (κ1) is 13.6. The van der Waals surface area contributed by atoms with Crippen molar-refractivity contribution in [2.45, 2.75) is 13.0 Å². The fourth-order valence-electron chi connectivity index (χ4n) is 2.13. The van der Waals surface area contributed by atoms with E-state index in [4.69, 9.17) is 10.5 Å². The van der Waals surface area contributed by atoms with Crippen LogP contribution in [0, 0.1) is 5.82 Å². The second kappa shape index (κ2) is 5.88. The summed E-state index contributed by atoms with van der Waals surface area (Å²) in [5.74, 6) is -0.180. The van der Waals surface area contributed by atoms with Crippen LogP contribution in [0.5, 0.6) is 5.75 Å². The van der Waals surface area contributed by atoms with Gasteiger partial charge in [0.05, 0.1) is 12.6 Å². The molecule has 1 aromatic rings. The SMILES string of the molecule is CCOc1ccc(C2CN(CCN)C(=O)N2)cc1F. The summed E-state index contributed by atoms with van der Waals surface area (Å²) in [6.07, 6.45) is 0. The first-order valence-electron chi connectivity index (χ1n) is 6.33. The molecule has 0 aromatic heterocycles. The maximum Gasteiger partial charge on any atom is 0.318 e. The van der Waals surface area contributed by atoms with Gasteiger partial charge in [-0.3, -0.25) is 0 Å². The molecule has 1 fully saturated rings. The molecule has 3 N–H and O–H groups in total. The number of nitrogens with two attached hydrogens (primary N) is 1. The number of benzene rings is 1. The molecular weight excluding hydrogens is 249 g/mol. The van der Waals surface area contributed by atoms with Crippen molar-refractivity contribution < 1.29 is 13.9 Å². The summed E-state index contributed by atoms with van der Waals surface area (Å²) in [5.41, 5.74) is 6.16. The average Bonchev–Trinajstić information content (AvgIpc) is 2.74. The molecule has 19 heavy (non-hydrogen) atoms. The van der Waals surface area contributed by atoms with E-state index in [9.17, 15) is 9.18 Å². The smallest absolute Gasteiger partial charge is 0.318 e. The topological polar surface area (TPSA) is 67.6 Å². The molecule has 0 spiro atoms. The van der Waals surface area contributed by atoms with Crippen LogP contribution in [-0.2, 0) is 0 Å². The fourth-order valence-corrected chi connectivity index (χ4v) is 2.13. The molecule has 2 rings (SSSR count). The molecule has 0 radical (unpaired) electrons. The predicted octanol–water partition coefficient (Wildman–Crippen LogP) is 1.25. The van der Waals surface area contributed by atoms with Crippen LogP contribution in [0.2, 0.25) is 0 Å². The number of urea groups is 1. The van der Waals surface area contributed by atoms with E-state index in [-0.39, 0.29) is 17.8 Å². The van der Waals surface area contributed by atoms with Crippen LogP contribution >= 0.6 is 0 Å². The number of nitrogens with zero attached hydrogens (tertiary/aromatic N) is 1. The first-order valence-corrected chi connectivity index (χ1v) is 6.33. The molecule has 0 aliphatic carbocycles. The van der Waals surface area contributed by atoms with Gasteiger partial charge in [0.2, 0.25) is 0 Å². The number of carbonyl (C=O) groups excluding carboxylic acids is 1. The normalized spacial score (nSPS) is 18.6. The Balaban J connectivity index is 2.11. The van der Waals surface area contributed by atoms with Crippen molar-refractivity contribution in [3.05, 3.63) is 29.6 Å². The largest absolute Gasteiger partial charge is 0.491 e. The zero-order valence-electron chi connectivity index (χ0n) is 10.9. The third kappa shape index (κ3) is 2.96. The van der Waals surface area contributed by atoms with Crippen LogP contribution in [0.4, 0.5) is 9.18 Å². The van der Waals surface area contributed by atoms with Crippen LogP contribution in [-0.4, -0.2) is 37.2 Å². The van der Waals surface area contributed by atoms with Gasteiger partial charge in [0.1, 0.15) is 0 Å². The predicted molar refractivity (Wildman–Crippen MR) is 69.5 cm³/mol. The van der Waals surface area contributed by atoms with E-state index in [2.05, 4.69) is 5.32 Å². The van der Waals surface area contributed by atoms with Gasteiger partial charge in [-0.2, -0.15) is 0 Å². The number of hydrogen-bond acceptors (Lipinski definition) is 3. The molecule has 1 saturated heterocycles. The van der Waals surface area contributed by atoms with Crippen LogP contribution < -0.4 is 15.8 Å². The van der Waals surface area contributed by atoms with Crippen molar-refractivity contribution in [1.82, 2.24) is 10.2 Å². The Morgan fingerprint density at radius 1 is 1.58 bits per heavy atom. The lowest BCUT2D eigenvalue weighted by Crippen LogP contribution is -2.32. The second-order valence-electron chi connectivity index (χ2n) is 4.36. The highest BCUT2D eigenvalue weighted by atomic mass is 19.1. The van der Waals surface area contributed by atoms with Gasteiger partial charge in [-0.05, 0) is 24.6 Å². The molecule has 1 heterocycles. The second-order valence-corrected chi connectivity index (χ2v) is 4.36. The number of rotatable bonds is 5. The van der Waals surface area contributed by atoms with Gasteiger partial charge < -0.3 is 20.7 Å². The molecule has 6 heteroatoms. The van der Waals surface area contributed by atoms with Gasteiger partial charge >= 0.3 is 6.03 Å².